The Balaban J connectivity index is 1.09. The van der Waals surface area contributed by atoms with Gasteiger partial charge in [0, 0.05) is 25.2 Å². The lowest BCUT2D eigenvalue weighted by molar-refractivity contribution is 0.174. The summed E-state index contributed by atoms with van der Waals surface area (Å²) in [7, 11) is 0. The van der Waals surface area contributed by atoms with Gasteiger partial charge in [-0.1, -0.05) is 30.2 Å². The highest BCUT2D eigenvalue weighted by Crippen LogP contribution is 2.51. The highest BCUT2D eigenvalue weighted by Gasteiger charge is 2.46. The zero-order valence-corrected chi connectivity index (χ0v) is 19.9. The predicted octanol–water partition coefficient (Wildman–Crippen LogP) is 2.97. The van der Waals surface area contributed by atoms with Crippen LogP contribution in [0.4, 0.5) is 5.82 Å². The monoisotopic (exact) mass is 484 g/mol. The van der Waals surface area contributed by atoms with E-state index in [-0.39, 0.29) is 31.5 Å². The fraction of sp³-hybridized carbons (Fsp3) is 0.357. The molecule has 3 aromatic rings. The molecule has 8 heteroatoms. The van der Waals surface area contributed by atoms with Gasteiger partial charge in [-0.3, -0.25) is 0 Å². The summed E-state index contributed by atoms with van der Waals surface area (Å²) in [6.45, 7) is 1.88. The van der Waals surface area contributed by atoms with Gasteiger partial charge in [-0.15, -0.1) is 0 Å². The summed E-state index contributed by atoms with van der Waals surface area (Å²) >= 11 is 0. The summed E-state index contributed by atoms with van der Waals surface area (Å²) in [5.41, 5.74) is 10.5. The molecule has 3 heterocycles. The van der Waals surface area contributed by atoms with Crippen molar-refractivity contribution in [3.8, 4) is 29.1 Å². The molecule has 3 N–H and O–H groups in total. The van der Waals surface area contributed by atoms with Crippen LogP contribution in [0, 0.1) is 17.3 Å². The molecule has 6 rings (SSSR count). The Morgan fingerprint density at radius 1 is 1.14 bits per heavy atom. The van der Waals surface area contributed by atoms with Crippen LogP contribution in [-0.4, -0.2) is 41.6 Å². The number of benzene rings is 2. The van der Waals surface area contributed by atoms with E-state index >= 15 is 0 Å². The molecule has 0 amide bonds. The van der Waals surface area contributed by atoms with E-state index in [1.807, 2.05) is 12.1 Å². The highest BCUT2D eigenvalue weighted by molar-refractivity contribution is 5.48. The van der Waals surface area contributed by atoms with Gasteiger partial charge in [0.05, 0.1) is 12.8 Å². The number of fused-ring (bicyclic) bond motifs is 2. The smallest absolute Gasteiger partial charge is 0.231 e. The molecule has 1 atom stereocenters. The molecule has 1 aliphatic carbocycles. The Bertz CT molecular complexity index is 1340. The molecule has 1 unspecified atom stereocenters. The zero-order valence-electron chi connectivity index (χ0n) is 19.9. The van der Waals surface area contributed by atoms with Crippen molar-refractivity contribution in [3.63, 3.8) is 0 Å². The molecule has 2 aromatic carbocycles. The topological polar surface area (TPSA) is 103 Å². The lowest BCUT2D eigenvalue weighted by Gasteiger charge is -2.42. The van der Waals surface area contributed by atoms with E-state index in [1.165, 1.54) is 11.1 Å². The van der Waals surface area contributed by atoms with Crippen LogP contribution in [0.15, 0.2) is 48.7 Å². The SMILES string of the molecule is NC1c2ccccc2CC12CCN(c1ncc(C#CCOc3ccc4c(c3)OCO4)nc1CO)CC2. The maximum absolute atomic E-state index is 9.99. The molecular formula is C28H28N4O4. The third-order valence-corrected chi connectivity index (χ3v) is 7.50. The van der Waals surface area contributed by atoms with Crippen molar-refractivity contribution in [1.82, 2.24) is 9.97 Å². The van der Waals surface area contributed by atoms with E-state index < -0.39 is 0 Å². The van der Waals surface area contributed by atoms with E-state index in [0.29, 0.717) is 28.6 Å². The number of ether oxygens (including phenoxy) is 3. The molecule has 1 aromatic heterocycles. The second-order valence-electron chi connectivity index (χ2n) is 9.49. The first-order valence-corrected chi connectivity index (χ1v) is 12.2. The van der Waals surface area contributed by atoms with Gasteiger partial charge in [0.1, 0.15) is 23.7 Å². The number of nitrogens with two attached hydrogens (primary N) is 1. The number of aliphatic hydroxyl groups excluding tert-OH is 1. The minimum atomic E-state index is -0.196. The first-order chi connectivity index (χ1) is 17.6. The quantitative estimate of drug-likeness (QED) is 0.545. The summed E-state index contributed by atoms with van der Waals surface area (Å²) in [5.74, 6) is 8.68. The van der Waals surface area contributed by atoms with E-state index in [4.69, 9.17) is 19.9 Å². The van der Waals surface area contributed by atoms with Gasteiger partial charge in [0.2, 0.25) is 6.79 Å². The maximum Gasteiger partial charge on any atom is 0.231 e. The first-order valence-electron chi connectivity index (χ1n) is 12.2. The van der Waals surface area contributed by atoms with Gasteiger partial charge in [0.25, 0.3) is 0 Å². The molecule has 1 saturated heterocycles. The summed E-state index contributed by atoms with van der Waals surface area (Å²) in [5, 5.41) is 9.99. The van der Waals surface area contributed by atoms with Gasteiger partial charge in [-0.25, -0.2) is 9.97 Å². The number of rotatable bonds is 4. The first kappa shape index (κ1) is 22.7. The molecule has 0 bridgehead atoms. The molecule has 1 fully saturated rings. The van der Waals surface area contributed by atoms with E-state index in [2.05, 4.69) is 51.0 Å². The number of piperidine rings is 1. The Hall–Kier alpha value is -3.80. The number of hydrogen-bond donors (Lipinski definition) is 2. The number of aliphatic hydroxyl groups is 1. The lowest BCUT2D eigenvalue weighted by atomic mass is 9.73. The summed E-state index contributed by atoms with van der Waals surface area (Å²) in [6.07, 6.45) is 4.64. The van der Waals surface area contributed by atoms with Gasteiger partial charge < -0.3 is 30.0 Å². The van der Waals surface area contributed by atoms with Crippen LogP contribution in [-0.2, 0) is 13.0 Å². The van der Waals surface area contributed by atoms with Crippen LogP contribution >= 0.6 is 0 Å². The number of anilines is 1. The van der Waals surface area contributed by atoms with Crippen molar-refractivity contribution in [2.75, 3.05) is 31.4 Å². The predicted molar refractivity (Wildman–Crippen MR) is 134 cm³/mol. The highest BCUT2D eigenvalue weighted by atomic mass is 16.7. The molecular weight excluding hydrogens is 456 g/mol. The van der Waals surface area contributed by atoms with Gasteiger partial charge >= 0.3 is 0 Å². The van der Waals surface area contributed by atoms with Gasteiger partial charge in [-0.2, -0.15) is 0 Å². The minimum Gasteiger partial charge on any atom is -0.481 e. The van der Waals surface area contributed by atoms with E-state index in [9.17, 15) is 5.11 Å². The molecule has 184 valence electrons. The van der Waals surface area contributed by atoms with Crippen molar-refractivity contribution < 1.29 is 19.3 Å². The average Bonchev–Trinajstić information content (AvgIpc) is 3.49. The van der Waals surface area contributed by atoms with Crippen molar-refractivity contribution in [1.29, 1.82) is 0 Å². The summed E-state index contributed by atoms with van der Waals surface area (Å²) in [6, 6.07) is 14.0. The summed E-state index contributed by atoms with van der Waals surface area (Å²) < 4.78 is 16.3. The van der Waals surface area contributed by atoms with Crippen molar-refractivity contribution in [2.45, 2.75) is 31.9 Å². The molecule has 36 heavy (non-hydrogen) atoms. The molecule has 2 aliphatic heterocycles. The standard InChI is InChI=1S/C28H28N4O4/c29-26-22-6-2-1-4-19(22)15-28(26)9-11-32(12-10-28)27-23(17-33)31-20(16-30-27)5-3-13-34-21-7-8-24-25(14-21)36-18-35-24/h1-2,4,6-8,14,16,26,33H,9-13,15,17-18,29H2. The summed E-state index contributed by atoms with van der Waals surface area (Å²) in [4.78, 5) is 11.4. The average molecular weight is 485 g/mol. The van der Waals surface area contributed by atoms with Crippen LogP contribution in [0.5, 0.6) is 17.2 Å². The molecule has 0 radical (unpaired) electrons. The van der Waals surface area contributed by atoms with Crippen LogP contribution in [0.25, 0.3) is 0 Å². The van der Waals surface area contributed by atoms with E-state index in [0.717, 1.165) is 38.2 Å². The van der Waals surface area contributed by atoms with Gasteiger partial charge in [-0.05, 0) is 53.9 Å². The molecule has 1 spiro atoms. The number of nitrogens with zero attached hydrogens (tertiary/aromatic N) is 3. The van der Waals surface area contributed by atoms with Crippen LogP contribution in [0.1, 0.15) is 41.4 Å². The third kappa shape index (κ3) is 4.11. The maximum atomic E-state index is 9.99. The Morgan fingerprint density at radius 3 is 2.81 bits per heavy atom. The molecule has 3 aliphatic rings. The van der Waals surface area contributed by atoms with Crippen LogP contribution < -0.4 is 24.8 Å². The second-order valence-corrected chi connectivity index (χ2v) is 9.49. The molecule has 0 saturated carbocycles. The third-order valence-electron chi connectivity index (χ3n) is 7.50. The Kier molecular flexibility index (Phi) is 5.88. The largest absolute Gasteiger partial charge is 0.481 e. The second kappa shape index (κ2) is 9.34. The van der Waals surface area contributed by atoms with E-state index in [1.54, 1.807) is 12.3 Å². The van der Waals surface area contributed by atoms with Crippen molar-refractivity contribution in [3.05, 3.63) is 71.2 Å². The van der Waals surface area contributed by atoms with Crippen LogP contribution in [0.3, 0.4) is 0 Å². The fourth-order valence-corrected chi connectivity index (χ4v) is 5.53. The Labute approximate surface area is 210 Å². The lowest BCUT2D eigenvalue weighted by Crippen LogP contribution is -2.45. The van der Waals surface area contributed by atoms with Crippen LogP contribution in [0.2, 0.25) is 0 Å². The minimum absolute atomic E-state index is 0.0665. The zero-order chi connectivity index (χ0) is 24.5. The van der Waals surface area contributed by atoms with Gasteiger partial charge in [0.15, 0.2) is 17.3 Å². The fourth-order valence-electron chi connectivity index (χ4n) is 5.53. The molecule has 8 nitrogen and oxygen atoms in total. The normalized spacial score (nSPS) is 19.1. The van der Waals surface area contributed by atoms with Crippen molar-refractivity contribution >= 4 is 5.82 Å². The Morgan fingerprint density at radius 2 is 1.97 bits per heavy atom. The number of aromatic nitrogens is 2. The van der Waals surface area contributed by atoms with Crippen molar-refractivity contribution in [2.24, 2.45) is 11.1 Å². The number of hydrogen-bond acceptors (Lipinski definition) is 8.